The summed E-state index contributed by atoms with van der Waals surface area (Å²) in [5.41, 5.74) is 3.48. The third-order valence-corrected chi connectivity index (χ3v) is 2.52. The van der Waals surface area contributed by atoms with Gasteiger partial charge in [-0.05, 0) is 25.0 Å². The number of anilines is 1. The van der Waals surface area contributed by atoms with Crippen molar-refractivity contribution in [2.75, 3.05) is 12.4 Å². The van der Waals surface area contributed by atoms with E-state index in [1.807, 2.05) is 6.07 Å². The number of para-hydroxylation sites is 1. The summed E-state index contributed by atoms with van der Waals surface area (Å²) in [6, 6.07) is 6.15. The number of ether oxygens (including phenoxy) is 1. The molecule has 1 aromatic heterocycles. The molecule has 1 heterocycles. The van der Waals surface area contributed by atoms with Crippen LogP contribution in [0, 0.1) is 13.8 Å². The van der Waals surface area contributed by atoms with Gasteiger partial charge < -0.3 is 14.5 Å². The highest BCUT2D eigenvalue weighted by Crippen LogP contribution is 2.20. The minimum Gasteiger partial charge on any atom is -0.452 e. The molecule has 5 nitrogen and oxygen atoms in total. The summed E-state index contributed by atoms with van der Waals surface area (Å²) in [7, 11) is 1.50. The number of benzene rings is 1. The van der Waals surface area contributed by atoms with E-state index < -0.39 is 0 Å². The molecule has 0 aliphatic carbocycles. The molecular formula is C12H15N3O2. The van der Waals surface area contributed by atoms with Crippen molar-refractivity contribution in [2.45, 2.75) is 20.4 Å². The molecule has 0 unspecified atom stereocenters. The number of hydrogen-bond donors (Lipinski definition) is 1. The van der Waals surface area contributed by atoms with Crippen LogP contribution < -0.4 is 10.1 Å². The Bertz CT molecular complexity index is 488. The van der Waals surface area contributed by atoms with Crippen LogP contribution in [0.3, 0.4) is 0 Å². The van der Waals surface area contributed by atoms with E-state index in [-0.39, 0.29) is 6.08 Å². The average molecular weight is 233 g/mol. The molecule has 0 aliphatic heterocycles. The SMILES string of the molecule is COc1nnc(CNc2c(C)cccc2C)o1. The van der Waals surface area contributed by atoms with Crippen LogP contribution in [0.2, 0.25) is 0 Å². The molecule has 17 heavy (non-hydrogen) atoms. The van der Waals surface area contributed by atoms with E-state index in [1.54, 1.807) is 0 Å². The maximum Gasteiger partial charge on any atom is 0.414 e. The van der Waals surface area contributed by atoms with Gasteiger partial charge in [0.2, 0.25) is 5.89 Å². The lowest BCUT2D eigenvalue weighted by atomic mass is 10.1. The lowest BCUT2D eigenvalue weighted by molar-refractivity contribution is 0.282. The van der Waals surface area contributed by atoms with Crippen molar-refractivity contribution in [1.29, 1.82) is 0 Å². The van der Waals surface area contributed by atoms with Crippen molar-refractivity contribution >= 4 is 5.69 Å². The summed E-state index contributed by atoms with van der Waals surface area (Å²) in [4.78, 5) is 0. The summed E-state index contributed by atoms with van der Waals surface area (Å²) < 4.78 is 10.1. The topological polar surface area (TPSA) is 60.2 Å². The van der Waals surface area contributed by atoms with E-state index in [0.29, 0.717) is 12.4 Å². The Morgan fingerprint density at radius 3 is 2.53 bits per heavy atom. The Morgan fingerprint density at radius 1 is 1.24 bits per heavy atom. The first kappa shape index (κ1) is 11.4. The Kier molecular flexibility index (Phi) is 3.27. The van der Waals surface area contributed by atoms with Gasteiger partial charge >= 0.3 is 6.08 Å². The Hall–Kier alpha value is -2.04. The second kappa shape index (κ2) is 4.86. The van der Waals surface area contributed by atoms with E-state index in [2.05, 4.69) is 41.5 Å². The van der Waals surface area contributed by atoms with Crippen LogP contribution in [0.5, 0.6) is 6.08 Å². The van der Waals surface area contributed by atoms with E-state index in [9.17, 15) is 0 Å². The molecule has 0 amide bonds. The third kappa shape index (κ3) is 2.55. The quantitative estimate of drug-likeness (QED) is 0.878. The van der Waals surface area contributed by atoms with E-state index >= 15 is 0 Å². The second-order valence-corrected chi connectivity index (χ2v) is 3.79. The highest BCUT2D eigenvalue weighted by atomic mass is 16.6. The molecule has 0 saturated heterocycles. The average Bonchev–Trinajstić information content (AvgIpc) is 2.76. The molecule has 5 heteroatoms. The summed E-state index contributed by atoms with van der Waals surface area (Å²) in [6.45, 7) is 4.61. The molecular weight excluding hydrogens is 218 g/mol. The molecule has 2 rings (SSSR count). The standard InChI is InChI=1S/C12H15N3O2/c1-8-5-4-6-9(2)11(8)13-7-10-14-15-12(16-3)17-10/h4-6,13H,7H2,1-3H3. The third-order valence-electron chi connectivity index (χ3n) is 2.52. The number of hydrogen-bond acceptors (Lipinski definition) is 5. The fourth-order valence-electron chi connectivity index (χ4n) is 1.65. The summed E-state index contributed by atoms with van der Waals surface area (Å²) in [5.74, 6) is 0.504. The van der Waals surface area contributed by atoms with Crippen LogP contribution in [0.15, 0.2) is 22.6 Å². The molecule has 1 N–H and O–H groups in total. The van der Waals surface area contributed by atoms with Crippen LogP contribution in [0.25, 0.3) is 0 Å². The molecule has 0 saturated carbocycles. The molecule has 0 atom stereocenters. The molecule has 0 bridgehead atoms. The lowest BCUT2D eigenvalue weighted by Gasteiger charge is -2.10. The van der Waals surface area contributed by atoms with Crippen LogP contribution in [0.4, 0.5) is 5.69 Å². The van der Waals surface area contributed by atoms with Crippen molar-refractivity contribution in [2.24, 2.45) is 0 Å². The number of nitrogens with one attached hydrogen (secondary N) is 1. The zero-order chi connectivity index (χ0) is 12.3. The van der Waals surface area contributed by atoms with Gasteiger partial charge in [-0.15, -0.1) is 5.10 Å². The van der Waals surface area contributed by atoms with Gasteiger partial charge in [-0.1, -0.05) is 23.3 Å². The Labute approximate surface area is 99.8 Å². The zero-order valence-electron chi connectivity index (χ0n) is 10.2. The fourth-order valence-corrected chi connectivity index (χ4v) is 1.65. The van der Waals surface area contributed by atoms with Gasteiger partial charge in [0.15, 0.2) is 0 Å². The smallest absolute Gasteiger partial charge is 0.414 e. The summed E-state index contributed by atoms with van der Waals surface area (Å²) in [5, 5.41) is 10.9. The predicted octanol–water partition coefficient (Wildman–Crippen LogP) is 2.31. The zero-order valence-corrected chi connectivity index (χ0v) is 10.2. The molecule has 0 aliphatic rings. The second-order valence-electron chi connectivity index (χ2n) is 3.79. The normalized spacial score (nSPS) is 10.3. The van der Waals surface area contributed by atoms with E-state index in [4.69, 9.17) is 9.15 Å². The number of methoxy groups -OCH3 is 1. The molecule has 0 spiro atoms. The maximum absolute atomic E-state index is 5.23. The van der Waals surface area contributed by atoms with Gasteiger partial charge in [0.05, 0.1) is 13.7 Å². The summed E-state index contributed by atoms with van der Waals surface area (Å²) >= 11 is 0. The maximum atomic E-state index is 5.23. The molecule has 0 radical (unpaired) electrons. The number of aromatic nitrogens is 2. The van der Waals surface area contributed by atoms with Crippen molar-refractivity contribution < 1.29 is 9.15 Å². The summed E-state index contributed by atoms with van der Waals surface area (Å²) in [6.07, 6.45) is 0.184. The minimum atomic E-state index is 0.184. The monoisotopic (exact) mass is 233 g/mol. The fraction of sp³-hybridized carbons (Fsp3) is 0.333. The number of aryl methyl sites for hydroxylation is 2. The van der Waals surface area contributed by atoms with Gasteiger partial charge in [-0.2, -0.15) is 0 Å². The van der Waals surface area contributed by atoms with Gasteiger partial charge in [-0.25, -0.2) is 0 Å². The molecule has 0 fully saturated rings. The number of nitrogens with zero attached hydrogens (tertiary/aromatic N) is 2. The highest BCUT2D eigenvalue weighted by molar-refractivity contribution is 5.56. The van der Waals surface area contributed by atoms with Crippen LogP contribution in [-0.4, -0.2) is 17.3 Å². The first-order chi connectivity index (χ1) is 8.20. The largest absolute Gasteiger partial charge is 0.452 e. The van der Waals surface area contributed by atoms with Crippen molar-refractivity contribution in [3.8, 4) is 6.08 Å². The lowest BCUT2D eigenvalue weighted by Crippen LogP contribution is -2.03. The van der Waals surface area contributed by atoms with Gasteiger partial charge in [0, 0.05) is 5.69 Å². The van der Waals surface area contributed by atoms with Crippen LogP contribution in [0.1, 0.15) is 17.0 Å². The number of rotatable bonds is 4. The van der Waals surface area contributed by atoms with Crippen LogP contribution >= 0.6 is 0 Å². The van der Waals surface area contributed by atoms with Gasteiger partial charge in [0.25, 0.3) is 0 Å². The minimum absolute atomic E-state index is 0.184. The molecule has 90 valence electrons. The Morgan fingerprint density at radius 2 is 1.94 bits per heavy atom. The van der Waals surface area contributed by atoms with Gasteiger partial charge in [-0.3, -0.25) is 0 Å². The highest BCUT2D eigenvalue weighted by Gasteiger charge is 2.07. The van der Waals surface area contributed by atoms with E-state index in [1.165, 1.54) is 18.2 Å². The first-order valence-corrected chi connectivity index (χ1v) is 5.37. The predicted molar refractivity (Wildman–Crippen MR) is 64.1 cm³/mol. The first-order valence-electron chi connectivity index (χ1n) is 5.37. The van der Waals surface area contributed by atoms with Crippen molar-refractivity contribution in [3.05, 3.63) is 35.2 Å². The van der Waals surface area contributed by atoms with E-state index in [0.717, 1.165) is 5.69 Å². The van der Waals surface area contributed by atoms with Crippen molar-refractivity contribution in [1.82, 2.24) is 10.2 Å². The molecule has 1 aromatic carbocycles. The van der Waals surface area contributed by atoms with Crippen molar-refractivity contribution in [3.63, 3.8) is 0 Å². The Balaban J connectivity index is 2.07. The van der Waals surface area contributed by atoms with Crippen LogP contribution in [-0.2, 0) is 6.54 Å². The molecule has 2 aromatic rings. The van der Waals surface area contributed by atoms with Gasteiger partial charge in [0.1, 0.15) is 0 Å².